The standard InChI is InChI=1S/C17H14BrN3OS/c18-12-4-1-3-11(7-12)14-8-16(22)20-17-15(14)9-19-21(17)10-13-5-2-6-23-13/h1-7,9,14H,8,10H2,(H,20,22). The predicted octanol–water partition coefficient (Wildman–Crippen LogP) is 4.23. The summed E-state index contributed by atoms with van der Waals surface area (Å²) in [6.07, 6.45) is 2.34. The summed E-state index contributed by atoms with van der Waals surface area (Å²) in [5, 5.41) is 9.54. The molecular formula is C17H14BrN3OS. The minimum atomic E-state index is 0.0374. The Morgan fingerprint density at radius 2 is 2.26 bits per heavy atom. The largest absolute Gasteiger partial charge is 0.311 e. The Balaban J connectivity index is 1.73. The highest BCUT2D eigenvalue weighted by Gasteiger charge is 2.30. The number of thiophene rings is 1. The molecule has 4 nitrogen and oxygen atoms in total. The highest BCUT2D eigenvalue weighted by Crippen LogP contribution is 2.38. The molecule has 4 rings (SSSR count). The third kappa shape index (κ3) is 2.84. The van der Waals surface area contributed by atoms with Crippen LogP contribution in [-0.4, -0.2) is 15.7 Å². The normalized spacial score (nSPS) is 16.9. The minimum Gasteiger partial charge on any atom is -0.311 e. The van der Waals surface area contributed by atoms with Gasteiger partial charge in [0.05, 0.1) is 12.7 Å². The van der Waals surface area contributed by atoms with Gasteiger partial charge in [0.15, 0.2) is 0 Å². The summed E-state index contributed by atoms with van der Waals surface area (Å²) < 4.78 is 2.90. The van der Waals surface area contributed by atoms with Crippen LogP contribution in [0.25, 0.3) is 0 Å². The number of nitrogens with one attached hydrogen (secondary N) is 1. The molecule has 6 heteroatoms. The molecule has 0 fully saturated rings. The molecule has 0 saturated heterocycles. The van der Waals surface area contributed by atoms with Crippen LogP contribution in [-0.2, 0) is 11.3 Å². The summed E-state index contributed by atoms with van der Waals surface area (Å²) in [4.78, 5) is 13.4. The van der Waals surface area contributed by atoms with E-state index in [9.17, 15) is 4.79 Å². The molecule has 1 unspecified atom stereocenters. The minimum absolute atomic E-state index is 0.0374. The van der Waals surface area contributed by atoms with Crippen LogP contribution in [0.5, 0.6) is 0 Å². The third-order valence-corrected chi connectivity index (χ3v) is 5.38. The van der Waals surface area contributed by atoms with Crippen LogP contribution in [0.2, 0.25) is 0 Å². The molecule has 0 radical (unpaired) electrons. The summed E-state index contributed by atoms with van der Waals surface area (Å²) in [7, 11) is 0. The van der Waals surface area contributed by atoms with Crippen molar-refractivity contribution in [2.24, 2.45) is 0 Å². The SMILES string of the molecule is O=C1CC(c2cccc(Br)c2)c2cnn(Cc3cccs3)c2N1. The van der Waals surface area contributed by atoms with Gasteiger partial charge in [0, 0.05) is 27.3 Å². The van der Waals surface area contributed by atoms with Gasteiger partial charge in [-0.25, -0.2) is 4.68 Å². The lowest BCUT2D eigenvalue weighted by molar-refractivity contribution is -0.116. The van der Waals surface area contributed by atoms with Crippen LogP contribution < -0.4 is 5.32 Å². The molecule has 0 spiro atoms. The van der Waals surface area contributed by atoms with E-state index in [0.29, 0.717) is 13.0 Å². The van der Waals surface area contributed by atoms with Gasteiger partial charge in [0.25, 0.3) is 0 Å². The predicted molar refractivity (Wildman–Crippen MR) is 94.9 cm³/mol. The van der Waals surface area contributed by atoms with Gasteiger partial charge in [-0.05, 0) is 29.1 Å². The van der Waals surface area contributed by atoms with E-state index < -0.39 is 0 Å². The molecule has 1 N–H and O–H groups in total. The van der Waals surface area contributed by atoms with Gasteiger partial charge in [-0.3, -0.25) is 4.79 Å². The van der Waals surface area contributed by atoms with Gasteiger partial charge in [0.2, 0.25) is 5.91 Å². The maximum absolute atomic E-state index is 12.2. The Labute approximate surface area is 146 Å². The highest BCUT2D eigenvalue weighted by molar-refractivity contribution is 9.10. The molecule has 2 aromatic heterocycles. The van der Waals surface area contributed by atoms with Crippen LogP contribution in [0.15, 0.2) is 52.4 Å². The first-order valence-electron chi connectivity index (χ1n) is 7.34. The van der Waals surface area contributed by atoms with Crippen molar-refractivity contribution in [3.8, 4) is 0 Å². The first-order valence-corrected chi connectivity index (χ1v) is 9.01. The molecule has 0 aliphatic carbocycles. The molecule has 1 amide bonds. The number of anilines is 1. The fraction of sp³-hybridized carbons (Fsp3) is 0.176. The first-order chi connectivity index (χ1) is 11.2. The first kappa shape index (κ1) is 14.7. The number of hydrogen-bond donors (Lipinski definition) is 1. The van der Waals surface area contributed by atoms with Gasteiger partial charge in [0.1, 0.15) is 5.82 Å². The third-order valence-electron chi connectivity index (χ3n) is 4.03. The quantitative estimate of drug-likeness (QED) is 0.730. The van der Waals surface area contributed by atoms with E-state index in [1.807, 2.05) is 34.5 Å². The van der Waals surface area contributed by atoms with Crippen molar-refractivity contribution >= 4 is 39.0 Å². The Kier molecular flexibility index (Phi) is 3.79. The second-order valence-electron chi connectivity index (χ2n) is 5.55. The van der Waals surface area contributed by atoms with Crippen molar-refractivity contribution in [2.45, 2.75) is 18.9 Å². The van der Waals surface area contributed by atoms with Crippen molar-refractivity contribution in [1.82, 2.24) is 9.78 Å². The number of aromatic nitrogens is 2. The number of fused-ring (bicyclic) bond motifs is 1. The van der Waals surface area contributed by atoms with Gasteiger partial charge < -0.3 is 5.32 Å². The van der Waals surface area contributed by atoms with E-state index >= 15 is 0 Å². The zero-order valence-corrected chi connectivity index (χ0v) is 14.6. The number of hydrogen-bond acceptors (Lipinski definition) is 3. The molecule has 1 aromatic carbocycles. The molecule has 23 heavy (non-hydrogen) atoms. The summed E-state index contributed by atoms with van der Waals surface area (Å²) >= 11 is 5.20. The lowest BCUT2D eigenvalue weighted by atomic mass is 9.87. The van der Waals surface area contributed by atoms with E-state index in [-0.39, 0.29) is 11.8 Å². The second kappa shape index (κ2) is 5.94. The van der Waals surface area contributed by atoms with Crippen molar-refractivity contribution < 1.29 is 4.79 Å². The lowest BCUT2D eigenvalue weighted by Crippen LogP contribution is -2.25. The Bertz CT molecular complexity index is 857. The average molecular weight is 388 g/mol. The zero-order valence-electron chi connectivity index (χ0n) is 12.2. The number of nitrogens with zero attached hydrogens (tertiary/aromatic N) is 2. The maximum Gasteiger partial charge on any atom is 0.226 e. The van der Waals surface area contributed by atoms with E-state index in [2.05, 4.69) is 44.5 Å². The van der Waals surface area contributed by atoms with E-state index in [1.165, 1.54) is 4.88 Å². The van der Waals surface area contributed by atoms with E-state index in [0.717, 1.165) is 21.4 Å². The number of amides is 1. The highest BCUT2D eigenvalue weighted by atomic mass is 79.9. The summed E-state index contributed by atoms with van der Waals surface area (Å²) in [5.41, 5.74) is 2.21. The zero-order chi connectivity index (χ0) is 15.8. The Morgan fingerprint density at radius 1 is 1.35 bits per heavy atom. The summed E-state index contributed by atoms with van der Waals surface area (Å²) in [5.74, 6) is 0.906. The number of carbonyl (C=O) groups excluding carboxylic acids is 1. The lowest BCUT2D eigenvalue weighted by Gasteiger charge is -2.23. The van der Waals surface area contributed by atoms with E-state index in [4.69, 9.17) is 0 Å². The summed E-state index contributed by atoms with van der Waals surface area (Å²) in [6.45, 7) is 0.679. The fourth-order valence-corrected chi connectivity index (χ4v) is 4.06. The average Bonchev–Trinajstić information content (AvgIpc) is 3.18. The van der Waals surface area contributed by atoms with Crippen LogP contribution in [0.3, 0.4) is 0 Å². The van der Waals surface area contributed by atoms with Crippen molar-refractivity contribution in [1.29, 1.82) is 0 Å². The van der Waals surface area contributed by atoms with Gasteiger partial charge >= 0.3 is 0 Å². The van der Waals surface area contributed by atoms with Crippen molar-refractivity contribution in [3.05, 3.63) is 68.5 Å². The molecule has 3 aromatic rings. The molecule has 1 aliphatic rings. The maximum atomic E-state index is 12.2. The van der Waals surface area contributed by atoms with Crippen LogP contribution in [0.1, 0.15) is 28.3 Å². The monoisotopic (exact) mass is 387 g/mol. The van der Waals surface area contributed by atoms with Gasteiger partial charge in [-0.2, -0.15) is 5.10 Å². The molecule has 0 bridgehead atoms. The molecule has 3 heterocycles. The Hall–Kier alpha value is -1.92. The molecule has 1 aliphatic heterocycles. The van der Waals surface area contributed by atoms with Crippen LogP contribution >= 0.6 is 27.3 Å². The molecule has 0 saturated carbocycles. The van der Waals surface area contributed by atoms with E-state index in [1.54, 1.807) is 11.3 Å². The summed E-state index contributed by atoms with van der Waals surface area (Å²) in [6, 6.07) is 12.2. The molecular weight excluding hydrogens is 374 g/mol. The van der Waals surface area contributed by atoms with Crippen LogP contribution in [0, 0.1) is 0 Å². The number of carbonyl (C=O) groups is 1. The fourth-order valence-electron chi connectivity index (χ4n) is 2.96. The van der Waals surface area contributed by atoms with Gasteiger partial charge in [-0.15, -0.1) is 11.3 Å². The molecule has 116 valence electrons. The van der Waals surface area contributed by atoms with Crippen molar-refractivity contribution in [3.63, 3.8) is 0 Å². The smallest absolute Gasteiger partial charge is 0.226 e. The van der Waals surface area contributed by atoms with Crippen molar-refractivity contribution in [2.75, 3.05) is 5.32 Å². The number of benzene rings is 1. The second-order valence-corrected chi connectivity index (χ2v) is 7.49. The molecule has 1 atom stereocenters. The van der Waals surface area contributed by atoms with Crippen LogP contribution in [0.4, 0.5) is 5.82 Å². The number of halogens is 1. The number of rotatable bonds is 3. The van der Waals surface area contributed by atoms with Gasteiger partial charge in [-0.1, -0.05) is 34.1 Å². The Morgan fingerprint density at radius 3 is 3.04 bits per heavy atom. The topological polar surface area (TPSA) is 46.9 Å².